The predicted molar refractivity (Wildman–Crippen MR) is 63.1 cm³/mol. The van der Waals surface area contributed by atoms with E-state index in [1.165, 1.54) is 0 Å². The highest BCUT2D eigenvalue weighted by Gasteiger charge is 2.44. The average Bonchev–Trinajstić information content (AvgIpc) is 2.40. The smallest absolute Gasteiger partial charge is 0.186 e. The molecule has 0 bridgehead atoms. The first-order valence-electron chi connectivity index (χ1n) is 5.88. The van der Waals surface area contributed by atoms with E-state index in [9.17, 15) is 4.79 Å². The number of carbonyl (C=O) groups is 1. The monoisotopic (exact) mass is 226 g/mol. The first kappa shape index (κ1) is 13.4. The van der Waals surface area contributed by atoms with Crippen LogP contribution in [0.25, 0.3) is 0 Å². The van der Waals surface area contributed by atoms with Gasteiger partial charge in [0, 0.05) is 0 Å². The zero-order valence-electron chi connectivity index (χ0n) is 10.8. The molecule has 92 valence electrons. The molecule has 3 nitrogen and oxygen atoms in total. The third kappa shape index (κ3) is 3.42. The summed E-state index contributed by atoms with van der Waals surface area (Å²) in [5.41, 5.74) is 0. The maximum atomic E-state index is 11.8. The molecule has 1 fully saturated rings. The van der Waals surface area contributed by atoms with Crippen molar-refractivity contribution in [1.82, 2.24) is 0 Å². The molecule has 1 rings (SSSR count). The normalized spacial score (nSPS) is 29.1. The van der Waals surface area contributed by atoms with Gasteiger partial charge in [0.05, 0.1) is 6.10 Å². The standard InChI is InChI=1S/C13H22O3/c1-6-7-10(14)12-11(8-9(2)3)15-13(4,5)16-12/h6-7,9,11-12H,8H2,1-5H3. The van der Waals surface area contributed by atoms with Crippen molar-refractivity contribution < 1.29 is 14.3 Å². The van der Waals surface area contributed by atoms with Crippen molar-refractivity contribution >= 4 is 5.78 Å². The van der Waals surface area contributed by atoms with Gasteiger partial charge in [0.25, 0.3) is 0 Å². The van der Waals surface area contributed by atoms with E-state index in [2.05, 4.69) is 13.8 Å². The minimum absolute atomic E-state index is 0.00118. The van der Waals surface area contributed by atoms with Gasteiger partial charge < -0.3 is 9.47 Å². The number of ketones is 1. The zero-order chi connectivity index (χ0) is 12.3. The van der Waals surface area contributed by atoms with Gasteiger partial charge in [0.1, 0.15) is 6.10 Å². The Bertz CT molecular complexity index is 279. The molecule has 1 heterocycles. The van der Waals surface area contributed by atoms with E-state index in [4.69, 9.17) is 9.47 Å². The van der Waals surface area contributed by atoms with Crippen molar-refractivity contribution in [3.8, 4) is 0 Å². The maximum absolute atomic E-state index is 11.8. The lowest BCUT2D eigenvalue weighted by molar-refractivity contribution is -0.153. The van der Waals surface area contributed by atoms with Crippen LogP contribution in [0.1, 0.15) is 41.0 Å². The summed E-state index contributed by atoms with van der Waals surface area (Å²) in [5, 5.41) is 0. The first-order valence-corrected chi connectivity index (χ1v) is 5.88. The second-order valence-corrected chi connectivity index (χ2v) is 5.13. The van der Waals surface area contributed by atoms with Gasteiger partial charge in [-0.15, -0.1) is 0 Å². The molecular formula is C13H22O3. The fourth-order valence-electron chi connectivity index (χ4n) is 1.97. The van der Waals surface area contributed by atoms with Crippen molar-refractivity contribution in [2.24, 2.45) is 5.92 Å². The molecule has 0 aromatic rings. The molecule has 3 heteroatoms. The van der Waals surface area contributed by atoms with Gasteiger partial charge in [0.15, 0.2) is 11.6 Å². The Balaban J connectivity index is 2.75. The molecule has 0 aliphatic carbocycles. The van der Waals surface area contributed by atoms with Crippen LogP contribution in [0.15, 0.2) is 12.2 Å². The molecule has 0 aromatic carbocycles. The fraction of sp³-hybridized carbons (Fsp3) is 0.769. The highest BCUT2D eigenvalue weighted by Crippen LogP contribution is 2.32. The lowest BCUT2D eigenvalue weighted by Crippen LogP contribution is -2.31. The molecule has 0 N–H and O–H groups in total. The largest absolute Gasteiger partial charge is 0.344 e. The van der Waals surface area contributed by atoms with E-state index in [1.54, 1.807) is 12.2 Å². The SMILES string of the molecule is CC=CC(=O)C1OC(C)(C)OC1CC(C)C. The van der Waals surface area contributed by atoms with Gasteiger partial charge in [-0.3, -0.25) is 4.79 Å². The van der Waals surface area contributed by atoms with Crippen molar-refractivity contribution in [1.29, 1.82) is 0 Å². The van der Waals surface area contributed by atoms with Crippen molar-refractivity contribution in [3.63, 3.8) is 0 Å². The van der Waals surface area contributed by atoms with E-state index in [1.807, 2.05) is 20.8 Å². The summed E-state index contributed by atoms with van der Waals surface area (Å²) in [6.45, 7) is 9.76. The highest BCUT2D eigenvalue weighted by molar-refractivity contribution is 5.94. The number of carbonyl (C=O) groups excluding carboxylic acids is 1. The molecule has 0 spiro atoms. The number of hydrogen-bond donors (Lipinski definition) is 0. The molecule has 2 atom stereocenters. The topological polar surface area (TPSA) is 35.5 Å². The summed E-state index contributed by atoms with van der Waals surface area (Å²) in [6.07, 6.45) is 3.57. The highest BCUT2D eigenvalue weighted by atomic mass is 16.8. The minimum Gasteiger partial charge on any atom is -0.344 e. The molecule has 16 heavy (non-hydrogen) atoms. The Morgan fingerprint density at radius 3 is 2.50 bits per heavy atom. The van der Waals surface area contributed by atoms with Gasteiger partial charge in [-0.2, -0.15) is 0 Å². The molecule has 0 amide bonds. The van der Waals surface area contributed by atoms with Crippen LogP contribution < -0.4 is 0 Å². The van der Waals surface area contributed by atoms with Crippen LogP contribution in [0, 0.1) is 5.92 Å². The molecule has 2 unspecified atom stereocenters. The van der Waals surface area contributed by atoms with Gasteiger partial charge in [-0.1, -0.05) is 19.9 Å². The van der Waals surface area contributed by atoms with Crippen molar-refractivity contribution in [3.05, 3.63) is 12.2 Å². The average molecular weight is 226 g/mol. The van der Waals surface area contributed by atoms with Gasteiger partial charge in [-0.25, -0.2) is 0 Å². The summed E-state index contributed by atoms with van der Waals surface area (Å²) >= 11 is 0. The third-order valence-corrected chi connectivity index (χ3v) is 2.50. The lowest BCUT2D eigenvalue weighted by Gasteiger charge is -2.17. The van der Waals surface area contributed by atoms with Crippen LogP contribution >= 0.6 is 0 Å². The Morgan fingerprint density at radius 1 is 1.38 bits per heavy atom. The minimum atomic E-state index is -0.651. The molecule has 0 radical (unpaired) electrons. The predicted octanol–water partition coefficient (Wildman–Crippen LogP) is 2.70. The molecule has 0 saturated carbocycles. The summed E-state index contributed by atoms with van der Waals surface area (Å²) in [7, 11) is 0. The molecular weight excluding hydrogens is 204 g/mol. The second-order valence-electron chi connectivity index (χ2n) is 5.13. The summed E-state index contributed by atoms with van der Waals surface area (Å²) < 4.78 is 11.4. The number of allylic oxidation sites excluding steroid dienone is 1. The molecule has 0 aromatic heterocycles. The van der Waals surface area contributed by atoms with E-state index >= 15 is 0 Å². The number of hydrogen-bond acceptors (Lipinski definition) is 3. The van der Waals surface area contributed by atoms with Gasteiger partial charge in [0.2, 0.25) is 0 Å². The van der Waals surface area contributed by atoms with Gasteiger partial charge in [-0.05, 0) is 39.2 Å². The van der Waals surface area contributed by atoms with Crippen LogP contribution in [0.3, 0.4) is 0 Å². The van der Waals surface area contributed by atoms with Crippen LogP contribution in [0.4, 0.5) is 0 Å². The van der Waals surface area contributed by atoms with Crippen LogP contribution in [0.5, 0.6) is 0 Å². The quantitative estimate of drug-likeness (QED) is 0.691. The van der Waals surface area contributed by atoms with Crippen molar-refractivity contribution in [2.45, 2.75) is 59.0 Å². The van der Waals surface area contributed by atoms with E-state index in [0.29, 0.717) is 5.92 Å². The number of ether oxygens (including phenoxy) is 2. The van der Waals surface area contributed by atoms with Crippen LogP contribution in [-0.4, -0.2) is 23.8 Å². The first-order chi connectivity index (χ1) is 7.35. The van der Waals surface area contributed by atoms with Crippen LogP contribution in [0.2, 0.25) is 0 Å². The van der Waals surface area contributed by atoms with Crippen LogP contribution in [-0.2, 0) is 14.3 Å². The summed E-state index contributed by atoms with van der Waals surface area (Å²) in [6, 6.07) is 0. The van der Waals surface area contributed by atoms with Gasteiger partial charge >= 0.3 is 0 Å². The Labute approximate surface area is 97.8 Å². The van der Waals surface area contributed by atoms with E-state index in [0.717, 1.165) is 6.42 Å². The lowest BCUT2D eigenvalue weighted by atomic mass is 9.99. The second kappa shape index (κ2) is 5.11. The molecule has 1 saturated heterocycles. The van der Waals surface area contributed by atoms with E-state index in [-0.39, 0.29) is 11.9 Å². The van der Waals surface area contributed by atoms with E-state index < -0.39 is 11.9 Å². The molecule has 1 aliphatic rings. The Hall–Kier alpha value is -0.670. The number of rotatable bonds is 4. The maximum Gasteiger partial charge on any atom is 0.186 e. The Morgan fingerprint density at radius 2 is 2.00 bits per heavy atom. The summed E-state index contributed by atoms with van der Waals surface area (Å²) in [4.78, 5) is 11.8. The fourth-order valence-corrected chi connectivity index (χ4v) is 1.97. The zero-order valence-corrected chi connectivity index (χ0v) is 10.8. The van der Waals surface area contributed by atoms with Crippen molar-refractivity contribution in [2.75, 3.05) is 0 Å². The molecule has 1 aliphatic heterocycles. The third-order valence-electron chi connectivity index (χ3n) is 2.50. The summed E-state index contributed by atoms with van der Waals surface area (Å²) in [5.74, 6) is -0.163. The Kier molecular flexibility index (Phi) is 4.28.